The molecule has 2 atom stereocenters. The van der Waals surface area contributed by atoms with E-state index >= 15 is 0 Å². The first-order valence-corrected chi connectivity index (χ1v) is 10.1. The van der Waals surface area contributed by atoms with Crippen LogP contribution in [-0.4, -0.2) is 44.0 Å². The van der Waals surface area contributed by atoms with E-state index in [4.69, 9.17) is 9.47 Å². The lowest BCUT2D eigenvalue weighted by atomic mass is 10.0. The van der Waals surface area contributed by atoms with E-state index in [1.807, 2.05) is 23.1 Å². The minimum Gasteiger partial charge on any atom is -0.497 e. The summed E-state index contributed by atoms with van der Waals surface area (Å²) in [5, 5.41) is 0. The van der Waals surface area contributed by atoms with E-state index in [1.54, 1.807) is 26.4 Å². The van der Waals surface area contributed by atoms with E-state index in [0.717, 1.165) is 18.4 Å². The van der Waals surface area contributed by atoms with Gasteiger partial charge in [0.1, 0.15) is 17.3 Å². The van der Waals surface area contributed by atoms with Gasteiger partial charge in [-0.25, -0.2) is 4.39 Å². The zero-order valence-corrected chi connectivity index (χ0v) is 17.1. The van der Waals surface area contributed by atoms with E-state index in [2.05, 4.69) is 0 Å². The number of nitrogens with zero attached hydrogens (tertiary/aromatic N) is 2. The Balaban J connectivity index is 1.55. The van der Waals surface area contributed by atoms with Crippen LogP contribution in [0.4, 0.5) is 10.1 Å². The van der Waals surface area contributed by atoms with Crippen LogP contribution in [0.25, 0.3) is 0 Å². The molecule has 2 aromatic carbocycles. The number of halogens is 1. The van der Waals surface area contributed by atoms with Crippen LogP contribution in [0.5, 0.6) is 11.5 Å². The Morgan fingerprint density at radius 3 is 2.70 bits per heavy atom. The lowest BCUT2D eigenvalue weighted by Crippen LogP contribution is -2.37. The second-order valence-corrected chi connectivity index (χ2v) is 7.68. The number of amides is 2. The fourth-order valence-electron chi connectivity index (χ4n) is 4.45. The molecule has 0 spiro atoms. The van der Waals surface area contributed by atoms with E-state index in [-0.39, 0.29) is 30.8 Å². The zero-order chi connectivity index (χ0) is 21.3. The Kier molecular flexibility index (Phi) is 5.61. The summed E-state index contributed by atoms with van der Waals surface area (Å²) in [6.45, 7) is 0.897. The highest BCUT2D eigenvalue weighted by atomic mass is 19.1. The molecule has 7 heteroatoms. The Labute approximate surface area is 175 Å². The number of methoxy groups -OCH3 is 2. The molecule has 2 aliphatic rings. The molecule has 158 valence electrons. The minimum absolute atomic E-state index is 0.0466. The smallest absolute Gasteiger partial charge is 0.228 e. The number of rotatable bonds is 5. The van der Waals surface area contributed by atoms with E-state index < -0.39 is 11.7 Å². The monoisotopic (exact) mass is 412 g/mol. The molecule has 6 nitrogen and oxygen atoms in total. The molecule has 2 saturated heterocycles. The first kappa shape index (κ1) is 20.2. The fraction of sp³-hybridized carbons (Fsp3) is 0.391. The predicted octanol–water partition coefficient (Wildman–Crippen LogP) is 3.56. The number of hydrogen-bond donors (Lipinski definition) is 0. The summed E-state index contributed by atoms with van der Waals surface area (Å²) in [6.07, 6.45) is 1.84. The number of hydrogen-bond acceptors (Lipinski definition) is 4. The molecule has 2 fully saturated rings. The lowest BCUT2D eigenvalue weighted by molar-refractivity contribution is -0.136. The Bertz CT molecular complexity index is 964. The highest BCUT2D eigenvalue weighted by Gasteiger charge is 2.41. The molecule has 2 amide bonds. The molecule has 0 aliphatic carbocycles. The topological polar surface area (TPSA) is 59.1 Å². The van der Waals surface area contributed by atoms with Crippen LogP contribution >= 0.6 is 0 Å². The first-order valence-electron chi connectivity index (χ1n) is 10.1. The van der Waals surface area contributed by atoms with Gasteiger partial charge in [0.05, 0.1) is 26.2 Å². The van der Waals surface area contributed by atoms with Gasteiger partial charge in [-0.1, -0.05) is 6.07 Å². The molecule has 0 N–H and O–H groups in total. The van der Waals surface area contributed by atoms with E-state index in [9.17, 15) is 14.0 Å². The average Bonchev–Trinajstić information content (AvgIpc) is 3.39. The number of ether oxygens (including phenoxy) is 2. The number of benzene rings is 2. The summed E-state index contributed by atoms with van der Waals surface area (Å²) in [5.74, 6) is 0.365. The summed E-state index contributed by atoms with van der Waals surface area (Å²) in [6, 6.07) is 11.4. The van der Waals surface area contributed by atoms with Gasteiger partial charge in [-0.2, -0.15) is 0 Å². The molecular formula is C23H25FN2O4. The molecule has 0 bridgehead atoms. The SMILES string of the molecule is COc1ccc(OC)c([C@H]2CCCN2C(=O)[C@@H]2CC(=O)N(c3cccc(F)c3)C2)c1. The van der Waals surface area contributed by atoms with Crippen LogP contribution in [0.3, 0.4) is 0 Å². The largest absolute Gasteiger partial charge is 0.497 e. The van der Waals surface area contributed by atoms with E-state index in [0.29, 0.717) is 23.7 Å². The maximum atomic E-state index is 13.6. The van der Waals surface area contributed by atoms with Crippen LogP contribution in [0.1, 0.15) is 30.9 Å². The van der Waals surface area contributed by atoms with Crippen molar-refractivity contribution >= 4 is 17.5 Å². The number of carbonyl (C=O) groups excluding carboxylic acids is 2. The van der Waals surface area contributed by atoms with Crippen LogP contribution < -0.4 is 14.4 Å². The number of likely N-dealkylation sites (tertiary alicyclic amines) is 1. The van der Waals surface area contributed by atoms with Crippen LogP contribution in [0, 0.1) is 11.7 Å². The van der Waals surface area contributed by atoms with Gasteiger partial charge in [0.25, 0.3) is 0 Å². The molecule has 2 aromatic rings. The van der Waals surface area contributed by atoms with Gasteiger partial charge < -0.3 is 19.3 Å². The minimum atomic E-state index is -0.446. The van der Waals surface area contributed by atoms with Gasteiger partial charge in [-0.3, -0.25) is 9.59 Å². The number of anilines is 1. The normalized spacial score (nSPS) is 21.2. The van der Waals surface area contributed by atoms with Crippen molar-refractivity contribution in [1.82, 2.24) is 4.90 Å². The zero-order valence-electron chi connectivity index (χ0n) is 17.1. The van der Waals surface area contributed by atoms with Gasteiger partial charge in [-0.05, 0) is 49.2 Å². The molecular weight excluding hydrogens is 387 g/mol. The Morgan fingerprint density at radius 2 is 1.97 bits per heavy atom. The second kappa shape index (κ2) is 8.34. The highest BCUT2D eigenvalue weighted by molar-refractivity contribution is 6.00. The molecule has 0 unspecified atom stereocenters. The second-order valence-electron chi connectivity index (χ2n) is 7.68. The third kappa shape index (κ3) is 3.72. The lowest BCUT2D eigenvalue weighted by Gasteiger charge is -2.29. The molecule has 2 heterocycles. The average molecular weight is 412 g/mol. The number of carbonyl (C=O) groups is 2. The molecule has 0 radical (unpaired) electrons. The van der Waals surface area contributed by atoms with Crippen molar-refractivity contribution in [1.29, 1.82) is 0 Å². The third-order valence-electron chi connectivity index (χ3n) is 5.93. The summed E-state index contributed by atoms with van der Waals surface area (Å²) in [5.41, 5.74) is 1.40. The summed E-state index contributed by atoms with van der Waals surface area (Å²) >= 11 is 0. The molecule has 0 saturated carbocycles. The summed E-state index contributed by atoms with van der Waals surface area (Å²) in [4.78, 5) is 29.3. The van der Waals surface area contributed by atoms with Gasteiger partial charge in [-0.15, -0.1) is 0 Å². The van der Waals surface area contributed by atoms with Crippen molar-refractivity contribution in [2.45, 2.75) is 25.3 Å². The fourth-order valence-corrected chi connectivity index (χ4v) is 4.45. The van der Waals surface area contributed by atoms with Crippen LogP contribution in [0.15, 0.2) is 42.5 Å². The molecule has 0 aromatic heterocycles. The first-order chi connectivity index (χ1) is 14.5. The van der Waals surface area contributed by atoms with Crippen molar-refractivity contribution in [2.75, 3.05) is 32.2 Å². The maximum Gasteiger partial charge on any atom is 0.228 e. The summed E-state index contributed by atoms with van der Waals surface area (Å²) < 4.78 is 24.5. The van der Waals surface area contributed by atoms with Crippen LogP contribution in [0.2, 0.25) is 0 Å². The van der Waals surface area contributed by atoms with Gasteiger partial charge >= 0.3 is 0 Å². The van der Waals surface area contributed by atoms with Gasteiger partial charge in [0, 0.05) is 30.8 Å². The van der Waals surface area contributed by atoms with E-state index in [1.165, 1.54) is 17.0 Å². The van der Waals surface area contributed by atoms with Crippen LogP contribution in [-0.2, 0) is 9.59 Å². The highest BCUT2D eigenvalue weighted by Crippen LogP contribution is 2.40. The Hall–Kier alpha value is -3.09. The van der Waals surface area contributed by atoms with Crippen molar-refractivity contribution in [2.24, 2.45) is 5.92 Å². The van der Waals surface area contributed by atoms with Gasteiger partial charge in [0.2, 0.25) is 11.8 Å². The molecule has 4 rings (SSSR count). The third-order valence-corrected chi connectivity index (χ3v) is 5.93. The van der Waals surface area contributed by atoms with Gasteiger partial charge in [0.15, 0.2) is 0 Å². The standard InChI is InChI=1S/C23H25FN2O4/c1-29-18-8-9-21(30-2)19(13-18)20-7-4-10-25(20)23(28)15-11-22(27)26(14-15)17-6-3-5-16(24)12-17/h3,5-6,8-9,12-13,15,20H,4,7,10-11,14H2,1-2H3/t15-,20-/m1/s1. The van der Waals surface area contributed by atoms with Crippen molar-refractivity contribution < 1.29 is 23.5 Å². The summed E-state index contributed by atoms with van der Waals surface area (Å²) in [7, 11) is 3.22. The van der Waals surface area contributed by atoms with Crippen molar-refractivity contribution in [3.8, 4) is 11.5 Å². The predicted molar refractivity (Wildman–Crippen MR) is 110 cm³/mol. The molecule has 2 aliphatic heterocycles. The quantitative estimate of drug-likeness (QED) is 0.754. The van der Waals surface area contributed by atoms with Crippen molar-refractivity contribution in [3.05, 3.63) is 53.8 Å². The molecule has 30 heavy (non-hydrogen) atoms. The Morgan fingerprint density at radius 1 is 1.13 bits per heavy atom. The maximum absolute atomic E-state index is 13.6. The van der Waals surface area contributed by atoms with Crippen molar-refractivity contribution in [3.63, 3.8) is 0 Å².